The number of rotatable bonds is 4. The molecule has 3 nitrogen and oxygen atoms in total. The lowest BCUT2D eigenvalue weighted by molar-refractivity contribution is 0.373. The minimum Gasteiger partial charge on any atom is -0.508 e. The molecule has 114 valence electrons. The van der Waals surface area contributed by atoms with Gasteiger partial charge in [-0.2, -0.15) is 0 Å². The second-order valence-electron chi connectivity index (χ2n) is 4.84. The average molecular weight is 296 g/mol. The summed E-state index contributed by atoms with van der Waals surface area (Å²) < 4.78 is 5.19. The molecule has 0 saturated heterocycles. The molecule has 0 radical (unpaired) electrons. The Morgan fingerprint density at radius 3 is 1.95 bits per heavy atom. The Morgan fingerprint density at radius 1 is 0.864 bits per heavy atom. The van der Waals surface area contributed by atoms with Crippen LogP contribution < -0.4 is 4.74 Å². The van der Waals surface area contributed by atoms with Crippen LogP contribution in [0.3, 0.4) is 0 Å². The summed E-state index contributed by atoms with van der Waals surface area (Å²) in [6.07, 6.45) is 4.05. The second kappa shape index (κ2) is 6.85. The zero-order chi connectivity index (χ0) is 16.1. The number of ether oxygens (including phenoxy) is 1. The molecule has 0 aliphatic rings. The van der Waals surface area contributed by atoms with Gasteiger partial charge in [-0.25, -0.2) is 0 Å². The van der Waals surface area contributed by atoms with Crippen LogP contribution in [0, 0.1) is 0 Å². The third-order valence-electron chi connectivity index (χ3n) is 3.54. The highest BCUT2D eigenvalue weighted by Crippen LogP contribution is 2.36. The number of aromatic hydroxyl groups is 2. The number of allylic oxidation sites excluding steroid dienone is 4. The van der Waals surface area contributed by atoms with Crippen molar-refractivity contribution in [3.8, 4) is 17.2 Å². The first-order chi connectivity index (χ1) is 10.6. The van der Waals surface area contributed by atoms with Gasteiger partial charge in [0.15, 0.2) is 11.5 Å². The summed E-state index contributed by atoms with van der Waals surface area (Å²) in [5.41, 5.74) is 4.06. The standard InChI is InChI=1S/C19H20O3/c1-4-16(13-6-9-15(20)10-7-13)17(5-2)14-8-11-18(21)19(12-14)22-3/h4-12,20-21H,1-3H3. The van der Waals surface area contributed by atoms with Crippen molar-refractivity contribution in [3.63, 3.8) is 0 Å². The van der Waals surface area contributed by atoms with Crippen LogP contribution in [-0.4, -0.2) is 17.3 Å². The fourth-order valence-electron chi connectivity index (χ4n) is 2.44. The fourth-order valence-corrected chi connectivity index (χ4v) is 2.44. The molecule has 3 heteroatoms. The predicted molar refractivity (Wildman–Crippen MR) is 90.1 cm³/mol. The predicted octanol–water partition coefficient (Wildman–Crippen LogP) is 4.61. The van der Waals surface area contributed by atoms with Crippen LogP contribution in [0.4, 0.5) is 0 Å². The number of phenols is 2. The molecule has 22 heavy (non-hydrogen) atoms. The van der Waals surface area contributed by atoms with E-state index in [-0.39, 0.29) is 11.5 Å². The van der Waals surface area contributed by atoms with Crippen LogP contribution in [0.2, 0.25) is 0 Å². The van der Waals surface area contributed by atoms with Crippen LogP contribution in [-0.2, 0) is 0 Å². The highest BCUT2D eigenvalue weighted by atomic mass is 16.5. The van der Waals surface area contributed by atoms with Crippen LogP contribution in [0.1, 0.15) is 25.0 Å². The molecule has 0 unspecified atom stereocenters. The van der Waals surface area contributed by atoms with Crippen molar-refractivity contribution in [2.75, 3.05) is 7.11 Å². The summed E-state index contributed by atoms with van der Waals surface area (Å²) in [4.78, 5) is 0. The van der Waals surface area contributed by atoms with Crippen molar-refractivity contribution >= 4 is 11.1 Å². The van der Waals surface area contributed by atoms with Gasteiger partial charge in [-0.05, 0) is 60.4 Å². The van der Waals surface area contributed by atoms with E-state index in [0.29, 0.717) is 5.75 Å². The Morgan fingerprint density at radius 2 is 1.41 bits per heavy atom. The van der Waals surface area contributed by atoms with Gasteiger partial charge in [-0.3, -0.25) is 0 Å². The van der Waals surface area contributed by atoms with Crippen molar-refractivity contribution in [3.05, 3.63) is 65.7 Å². The highest BCUT2D eigenvalue weighted by Gasteiger charge is 2.11. The van der Waals surface area contributed by atoms with Gasteiger partial charge in [0.05, 0.1) is 7.11 Å². The summed E-state index contributed by atoms with van der Waals surface area (Å²) >= 11 is 0. The van der Waals surface area contributed by atoms with Crippen molar-refractivity contribution in [2.24, 2.45) is 0 Å². The van der Waals surface area contributed by atoms with E-state index in [2.05, 4.69) is 0 Å². The molecule has 0 aliphatic heterocycles. The first kappa shape index (κ1) is 15.7. The largest absolute Gasteiger partial charge is 0.508 e. The van der Waals surface area contributed by atoms with Crippen LogP contribution in [0.15, 0.2) is 54.6 Å². The molecule has 0 aromatic heterocycles. The molecular formula is C19H20O3. The maximum absolute atomic E-state index is 9.75. The normalized spacial score (nSPS) is 12.3. The third-order valence-corrected chi connectivity index (χ3v) is 3.54. The zero-order valence-corrected chi connectivity index (χ0v) is 13.0. The van der Waals surface area contributed by atoms with Gasteiger partial charge >= 0.3 is 0 Å². The summed E-state index contributed by atoms with van der Waals surface area (Å²) in [6, 6.07) is 12.4. The van der Waals surface area contributed by atoms with Gasteiger partial charge in [-0.1, -0.05) is 30.4 Å². The van der Waals surface area contributed by atoms with Gasteiger partial charge < -0.3 is 14.9 Å². The molecule has 0 atom stereocenters. The summed E-state index contributed by atoms with van der Waals surface area (Å²) in [7, 11) is 1.53. The summed E-state index contributed by atoms with van der Waals surface area (Å²) in [6.45, 7) is 3.95. The van der Waals surface area contributed by atoms with E-state index in [1.165, 1.54) is 7.11 Å². The lowest BCUT2D eigenvalue weighted by Crippen LogP contribution is -1.92. The van der Waals surface area contributed by atoms with Gasteiger partial charge in [-0.15, -0.1) is 0 Å². The third kappa shape index (κ3) is 3.14. The van der Waals surface area contributed by atoms with E-state index in [1.54, 1.807) is 18.2 Å². The minimum absolute atomic E-state index is 0.119. The van der Waals surface area contributed by atoms with E-state index in [1.807, 2.05) is 50.3 Å². The van der Waals surface area contributed by atoms with Crippen LogP contribution in [0.5, 0.6) is 17.2 Å². The number of benzene rings is 2. The molecule has 2 N–H and O–H groups in total. The summed E-state index contributed by atoms with van der Waals surface area (Å²) in [5.74, 6) is 0.805. The van der Waals surface area contributed by atoms with E-state index in [4.69, 9.17) is 4.74 Å². The number of hydrogen-bond donors (Lipinski definition) is 2. The smallest absolute Gasteiger partial charge is 0.161 e. The molecule has 0 fully saturated rings. The first-order valence-corrected chi connectivity index (χ1v) is 7.10. The maximum atomic E-state index is 9.75. The molecule has 2 rings (SSSR count). The number of hydrogen-bond acceptors (Lipinski definition) is 3. The molecule has 0 bridgehead atoms. The van der Waals surface area contributed by atoms with Crippen molar-refractivity contribution < 1.29 is 14.9 Å². The van der Waals surface area contributed by atoms with E-state index >= 15 is 0 Å². The first-order valence-electron chi connectivity index (χ1n) is 7.10. The van der Waals surface area contributed by atoms with Crippen LogP contribution in [0.25, 0.3) is 11.1 Å². The zero-order valence-electron chi connectivity index (χ0n) is 13.0. The molecule has 2 aromatic rings. The Bertz CT molecular complexity index is 710. The quantitative estimate of drug-likeness (QED) is 0.810. The number of phenolic OH excluding ortho intramolecular Hbond substituents is 2. The lowest BCUT2D eigenvalue weighted by atomic mass is 9.91. The molecule has 0 heterocycles. The average Bonchev–Trinajstić information content (AvgIpc) is 2.54. The van der Waals surface area contributed by atoms with Crippen molar-refractivity contribution in [2.45, 2.75) is 13.8 Å². The van der Waals surface area contributed by atoms with E-state index < -0.39 is 0 Å². The fraction of sp³-hybridized carbons (Fsp3) is 0.158. The minimum atomic E-state index is 0.119. The van der Waals surface area contributed by atoms with E-state index in [0.717, 1.165) is 22.3 Å². The van der Waals surface area contributed by atoms with Crippen molar-refractivity contribution in [1.82, 2.24) is 0 Å². The molecule has 0 aliphatic carbocycles. The molecule has 0 amide bonds. The second-order valence-corrected chi connectivity index (χ2v) is 4.84. The maximum Gasteiger partial charge on any atom is 0.161 e. The van der Waals surface area contributed by atoms with Crippen molar-refractivity contribution in [1.29, 1.82) is 0 Å². The Balaban J connectivity index is 2.48. The Kier molecular flexibility index (Phi) is 4.89. The molecule has 0 saturated carbocycles. The van der Waals surface area contributed by atoms with E-state index in [9.17, 15) is 10.2 Å². The summed E-state index contributed by atoms with van der Waals surface area (Å²) in [5, 5.41) is 19.2. The Labute approximate surface area is 130 Å². The lowest BCUT2D eigenvalue weighted by Gasteiger charge is -2.14. The highest BCUT2D eigenvalue weighted by molar-refractivity contribution is 6.05. The van der Waals surface area contributed by atoms with Gasteiger partial charge in [0.25, 0.3) is 0 Å². The van der Waals surface area contributed by atoms with Gasteiger partial charge in [0.2, 0.25) is 0 Å². The number of methoxy groups -OCH3 is 1. The van der Waals surface area contributed by atoms with Crippen LogP contribution >= 0.6 is 0 Å². The van der Waals surface area contributed by atoms with Gasteiger partial charge in [0, 0.05) is 0 Å². The molecule has 0 spiro atoms. The van der Waals surface area contributed by atoms with Gasteiger partial charge in [0.1, 0.15) is 5.75 Å². The molecular weight excluding hydrogens is 276 g/mol. The topological polar surface area (TPSA) is 49.7 Å². The monoisotopic (exact) mass is 296 g/mol. The SMILES string of the molecule is CC=C(C(=CC)c1ccc(O)c(OC)c1)c1ccc(O)cc1. The Hall–Kier alpha value is -2.68. The molecule has 2 aromatic carbocycles.